The van der Waals surface area contributed by atoms with Gasteiger partial charge in [-0.3, -0.25) is 4.90 Å². The molecule has 110 valence electrons. The first-order valence-corrected chi connectivity index (χ1v) is 7.86. The van der Waals surface area contributed by atoms with Crippen LogP contribution in [0.15, 0.2) is 54.6 Å². The molecule has 2 aromatic rings. The van der Waals surface area contributed by atoms with Crippen molar-refractivity contribution in [1.82, 2.24) is 4.90 Å². The van der Waals surface area contributed by atoms with Crippen molar-refractivity contribution in [3.05, 3.63) is 70.7 Å². The second kappa shape index (κ2) is 6.61. The smallest absolute Gasteiger partial charge is 0.0406 e. The zero-order valence-electron chi connectivity index (χ0n) is 12.1. The molecule has 1 saturated heterocycles. The highest BCUT2D eigenvalue weighted by atomic mass is 35.5. The van der Waals surface area contributed by atoms with Gasteiger partial charge in [0.25, 0.3) is 0 Å². The van der Waals surface area contributed by atoms with Crippen molar-refractivity contribution < 1.29 is 0 Å². The number of benzene rings is 2. The Morgan fingerprint density at radius 2 is 1.71 bits per heavy atom. The first-order chi connectivity index (χ1) is 10.3. The Labute approximate surface area is 131 Å². The predicted octanol–water partition coefficient (Wildman–Crippen LogP) is 3.51. The average molecular weight is 301 g/mol. The minimum Gasteiger partial charge on any atom is -0.330 e. The maximum absolute atomic E-state index is 5.99. The van der Waals surface area contributed by atoms with Crippen molar-refractivity contribution in [2.75, 3.05) is 19.6 Å². The summed E-state index contributed by atoms with van der Waals surface area (Å²) in [5.74, 6) is 1.09. The molecule has 3 heteroatoms. The lowest BCUT2D eigenvalue weighted by Crippen LogP contribution is -2.23. The van der Waals surface area contributed by atoms with E-state index in [2.05, 4.69) is 47.4 Å². The molecular formula is C18H21ClN2. The number of rotatable bonds is 4. The fourth-order valence-corrected chi connectivity index (χ4v) is 3.38. The van der Waals surface area contributed by atoms with Gasteiger partial charge in [-0.2, -0.15) is 0 Å². The second-order valence-electron chi connectivity index (χ2n) is 5.83. The van der Waals surface area contributed by atoms with E-state index in [1.807, 2.05) is 12.1 Å². The Hall–Kier alpha value is -1.35. The highest BCUT2D eigenvalue weighted by Gasteiger charge is 2.32. The summed E-state index contributed by atoms with van der Waals surface area (Å²) in [5, 5.41) is 0.794. The van der Waals surface area contributed by atoms with Crippen LogP contribution in [0.1, 0.15) is 17.0 Å². The van der Waals surface area contributed by atoms with E-state index in [4.69, 9.17) is 17.3 Å². The summed E-state index contributed by atoms with van der Waals surface area (Å²) >= 11 is 5.95. The molecule has 0 bridgehead atoms. The molecule has 0 radical (unpaired) electrons. The van der Waals surface area contributed by atoms with Crippen LogP contribution in [-0.4, -0.2) is 24.5 Å². The van der Waals surface area contributed by atoms with Crippen molar-refractivity contribution in [2.45, 2.75) is 12.5 Å². The number of nitrogens with zero attached hydrogens (tertiary/aromatic N) is 1. The molecule has 2 N–H and O–H groups in total. The third-order valence-electron chi connectivity index (χ3n) is 4.37. The molecule has 0 amide bonds. The van der Waals surface area contributed by atoms with Gasteiger partial charge in [-0.25, -0.2) is 0 Å². The van der Waals surface area contributed by atoms with Gasteiger partial charge in [0.2, 0.25) is 0 Å². The molecule has 3 rings (SSSR count). The van der Waals surface area contributed by atoms with Gasteiger partial charge in [0.15, 0.2) is 0 Å². The summed E-state index contributed by atoms with van der Waals surface area (Å²) in [6.07, 6.45) is 0. The Bertz CT molecular complexity index is 568. The van der Waals surface area contributed by atoms with Gasteiger partial charge in [-0.05, 0) is 35.7 Å². The van der Waals surface area contributed by atoms with E-state index in [9.17, 15) is 0 Å². The fourth-order valence-electron chi connectivity index (χ4n) is 3.25. The van der Waals surface area contributed by atoms with Crippen molar-refractivity contribution in [2.24, 2.45) is 11.7 Å². The molecule has 0 aromatic heterocycles. The summed E-state index contributed by atoms with van der Waals surface area (Å²) in [6, 6.07) is 18.9. The van der Waals surface area contributed by atoms with E-state index in [0.29, 0.717) is 11.8 Å². The minimum absolute atomic E-state index is 0.541. The van der Waals surface area contributed by atoms with Crippen molar-refractivity contribution in [3.63, 3.8) is 0 Å². The van der Waals surface area contributed by atoms with Crippen LogP contribution in [0.3, 0.4) is 0 Å². The van der Waals surface area contributed by atoms with Gasteiger partial charge in [0, 0.05) is 30.6 Å². The SMILES string of the molecule is NC[C@@H]1CN(Cc2ccc(Cl)cc2)C[C@H]1c1ccccc1. The first kappa shape index (κ1) is 14.6. The number of halogens is 1. The second-order valence-corrected chi connectivity index (χ2v) is 6.27. The molecule has 2 aromatic carbocycles. The van der Waals surface area contributed by atoms with Crippen molar-refractivity contribution >= 4 is 11.6 Å². The monoisotopic (exact) mass is 300 g/mol. The van der Waals surface area contributed by atoms with Crippen LogP contribution in [0.5, 0.6) is 0 Å². The van der Waals surface area contributed by atoms with Crippen LogP contribution in [-0.2, 0) is 6.54 Å². The highest BCUT2D eigenvalue weighted by molar-refractivity contribution is 6.30. The molecule has 0 saturated carbocycles. The van der Waals surface area contributed by atoms with Gasteiger partial charge in [0.05, 0.1) is 0 Å². The first-order valence-electron chi connectivity index (χ1n) is 7.48. The van der Waals surface area contributed by atoms with Crippen LogP contribution in [0, 0.1) is 5.92 Å². The molecule has 2 atom stereocenters. The summed E-state index contributed by atoms with van der Waals surface area (Å²) < 4.78 is 0. The fraction of sp³-hybridized carbons (Fsp3) is 0.333. The Morgan fingerprint density at radius 1 is 1.00 bits per heavy atom. The topological polar surface area (TPSA) is 29.3 Å². The maximum atomic E-state index is 5.99. The average Bonchev–Trinajstić information content (AvgIpc) is 2.93. The molecule has 1 fully saturated rings. The Balaban J connectivity index is 1.70. The molecule has 21 heavy (non-hydrogen) atoms. The quantitative estimate of drug-likeness (QED) is 0.936. The van der Waals surface area contributed by atoms with Gasteiger partial charge in [-0.15, -0.1) is 0 Å². The van der Waals surface area contributed by atoms with E-state index in [1.54, 1.807) is 0 Å². The molecule has 0 unspecified atom stereocenters. The molecule has 0 aliphatic carbocycles. The summed E-state index contributed by atoms with van der Waals surface area (Å²) in [5.41, 5.74) is 8.71. The number of likely N-dealkylation sites (tertiary alicyclic amines) is 1. The normalized spacial score (nSPS) is 22.6. The number of nitrogens with two attached hydrogens (primary N) is 1. The highest BCUT2D eigenvalue weighted by Crippen LogP contribution is 2.32. The molecule has 1 heterocycles. The third kappa shape index (κ3) is 3.46. The third-order valence-corrected chi connectivity index (χ3v) is 4.62. The van der Waals surface area contributed by atoms with Crippen molar-refractivity contribution in [1.29, 1.82) is 0 Å². The number of hydrogen-bond acceptors (Lipinski definition) is 2. The van der Waals surface area contributed by atoms with E-state index < -0.39 is 0 Å². The summed E-state index contributed by atoms with van der Waals surface area (Å²) in [6.45, 7) is 3.86. The van der Waals surface area contributed by atoms with Gasteiger partial charge in [-0.1, -0.05) is 54.1 Å². The largest absolute Gasteiger partial charge is 0.330 e. The van der Waals surface area contributed by atoms with Crippen LogP contribution >= 0.6 is 11.6 Å². The lowest BCUT2D eigenvalue weighted by atomic mass is 9.89. The zero-order valence-corrected chi connectivity index (χ0v) is 12.8. The molecule has 1 aliphatic heterocycles. The maximum Gasteiger partial charge on any atom is 0.0406 e. The Kier molecular flexibility index (Phi) is 4.59. The van der Waals surface area contributed by atoms with E-state index in [0.717, 1.165) is 31.2 Å². The summed E-state index contributed by atoms with van der Waals surface area (Å²) in [7, 11) is 0. The van der Waals surface area contributed by atoms with Gasteiger partial charge >= 0.3 is 0 Å². The van der Waals surface area contributed by atoms with Crippen molar-refractivity contribution in [3.8, 4) is 0 Å². The molecular weight excluding hydrogens is 280 g/mol. The summed E-state index contributed by atoms with van der Waals surface area (Å²) in [4.78, 5) is 2.50. The zero-order chi connectivity index (χ0) is 14.7. The van der Waals surface area contributed by atoms with E-state index in [1.165, 1.54) is 11.1 Å². The van der Waals surface area contributed by atoms with Crippen LogP contribution in [0.25, 0.3) is 0 Å². The minimum atomic E-state index is 0.541. The van der Waals surface area contributed by atoms with Crippen LogP contribution < -0.4 is 5.73 Å². The van der Waals surface area contributed by atoms with E-state index in [-0.39, 0.29) is 0 Å². The lowest BCUT2D eigenvalue weighted by Gasteiger charge is -2.17. The standard InChI is InChI=1S/C18H21ClN2/c19-17-8-6-14(7-9-17)11-21-12-16(10-20)18(13-21)15-4-2-1-3-5-15/h1-9,16,18H,10-13,20H2/t16-,18+/m1/s1. The van der Waals surface area contributed by atoms with Crippen LogP contribution in [0.4, 0.5) is 0 Å². The number of hydrogen-bond donors (Lipinski definition) is 1. The van der Waals surface area contributed by atoms with Gasteiger partial charge in [0.1, 0.15) is 0 Å². The van der Waals surface area contributed by atoms with Gasteiger partial charge < -0.3 is 5.73 Å². The van der Waals surface area contributed by atoms with Crippen LogP contribution in [0.2, 0.25) is 5.02 Å². The van der Waals surface area contributed by atoms with E-state index >= 15 is 0 Å². The molecule has 2 nitrogen and oxygen atoms in total. The predicted molar refractivity (Wildman–Crippen MR) is 88.5 cm³/mol. The molecule has 1 aliphatic rings. The lowest BCUT2D eigenvalue weighted by molar-refractivity contribution is 0.317. The molecule has 0 spiro atoms. The Morgan fingerprint density at radius 3 is 2.38 bits per heavy atom.